The second kappa shape index (κ2) is 6.87. The molecule has 19 heavy (non-hydrogen) atoms. The van der Waals surface area contributed by atoms with Gasteiger partial charge in [-0.3, -0.25) is 4.90 Å². The van der Waals surface area contributed by atoms with Crippen molar-refractivity contribution in [1.82, 2.24) is 10.2 Å². The molecule has 1 saturated heterocycles. The molecular weight excluding hydrogens is 300 g/mol. The van der Waals surface area contributed by atoms with Crippen LogP contribution in [0.2, 0.25) is 0 Å². The van der Waals surface area contributed by atoms with Crippen LogP contribution < -0.4 is 5.32 Å². The fourth-order valence-corrected chi connectivity index (χ4v) is 3.26. The van der Waals surface area contributed by atoms with Gasteiger partial charge in [0.25, 0.3) is 0 Å². The van der Waals surface area contributed by atoms with Gasteiger partial charge in [-0.15, -0.1) is 0 Å². The van der Waals surface area contributed by atoms with Gasteiger partial charge in [0, 0.05) is 36.2 Å². The number of hydrogen-bond acceptors (Lipinski definition) is 2. The Hall–Kier alpha value is -0.380. The summed E-state index contributed by atoms with van der Waals surface area (Å²) in [5.41, 5.74) is 1.39. The molecule has 2 unspecified atom stereocenters. The highest BCUT2D eigenvalue weighted by atomic mass is 79.9. The fraction of sp³-hybridized carbons (Fsp3) is 0.625. The minimum absolute atomic E-state index is 0.613. The minimum atomic E-state index is 0.613. The topological polar surface area (TPSA) is 15.3 Å². The summed E-state index contributed by atoms with van der Waals surface area (Å²) in [6.07, 6.45) is 1.27. The van der Waals surface area contributed by atoms with Gasteiger partial charge in [-0.1, -0.05) is 41.9 Å². The normalized spacial score (nSPS) is 24.9. The van der Waals surface area contributed by atoms with E-state index in [9.17, 15) is 0 Å². The Morgan fingerprint density at radius 1 is 1.42 bits per heavy atom. The highest BCUT2D eigenvalue weighted by molar-refractivity contribution is 9.10. The third kappa shape index (κ3) is 4.59. The molecule has 1 fully saturated rings. The Kier molecular flexibility index (Phi) is 5.43. The van der Waals surface area contributed by atoms with Gasteiger partial charge >= 0.3 is 0 Å². The highest BCUT2D eigenvalue weighted by Gasteiger charge is 2.25. The van der Waals surface area contributed by atoms with Crippen LogP contribution in [-0.2, 0) is 6.54 Å². The van der Waals surface area contributed by atoms with Gasteiger partial charge in [-0.2, -0.15) is 0 Å². The zero-order chi connectivity index (χ0) is 13.8. The van der Waals surface area contributed by atoms with Crippen molar-refractivity contribution in [3.8, 4) is 0 Å². The van der Waals surface area contributed by atoms with Crippen LogP contribution in [0.25, 0.3) is 0 Å². The number of benzene rings is 1. The third-order valence-corrected chi connectivity index (χ3v) is 4.30. The molecule has 0 aliphatic carbocycles. The van der Waals surface area contributed by atoms with E-state index in [1.54, 1.807) is 0 Å². The highest BCUT2D eigenvalue weighted by Crippen LogP contribution is 2.18. The molecule has 2 atom stereocenters. The van der Waals surface area contributed by atoms with Gasteiger partial charge in [0.15, 0.2) is 0 Å². The van der Waals surface area contributed by atoms with Crippen molar-refractivity contribution < 1.29 is 0 Å². The van der Waals surface area contributed by atoms with E-state index in [0.29, 0.717) is 12.1 Å². The summed E-state index contributed by atoms with van der Waals surface area (Å²) in [6, 6.07) is 9.92. The third-order valence-electron chi connectivity index (χ3n) is 3.81. The van der Waals surface area contributed by atoms with Gasteiger partial charge in [0.2, 0.25) is 0 Å². The smallest absolute Gasteiger partial charge is 0.0238 e. The maximum absolute atomic E-state index is 3.68. The van der Waals surface area contributed by atoms with Crippen LogP contribution in [0.1, 0.15) is 32.8 Å². The molecule has 0 aromatic heterocycles. The molecule has 1 heterocycles. The maximum Gasteiger partial charge on any atom is 0.0238 e. The van der Waals surface area contributed by atoms with E-state index in [0.717, 1.165) is 25.6 Å². The number of rotatable bonds is 4. The van der Waals surface area contributed by atoms with E-state index in [2.05, 4.69) is 71.2 Å². The van der Waals surface area contributed by atoms with Gasteiger partial charge in [-0.05, 0) is 37.0 Å². The first-order valence-electron chi connectivity index (χ1n) is 7.26. The molecule has 1 aliphatic rings. The molecule has 106 valence electrons. The Bertz CT molecular complexity index is 405. The molecule has 0 radical (unpaired) electrons. The largest absolute Gasteiger partial charge is 0.311 e. The maximum atomic E-state index is 3.68. The van der Waals surface area contributed by atoms with Crippen LogP contribution in [-0.4, -0.2) is 30.1 Å². The molecule has 0 amide bonds. The number of halogens is 1. The summed E-state index contributed by atoms with van der Waals surface area (Å²) in [5, 5.41) is 3.68. The molecule has 2 rings (SSSR count). The van der Waals surface area contributed by atoms with Crippen LogP contribution in [0.4, 0.5) is 0 Å². The first-order valence-corrected chi connectivity index (χ1v) is 8.05. The lowest BCUT2D eigenvalue weighted by molar-refractivity contribution is 0.125. The van der Waals surface area contributed by atoms with Gasteiger partial charge in [0.05, 0.1) is 0 Å². The van der Waals surface area contributed by atoms with Gasteiger partial charge in [0.1, 0.15) is 0 Å². The van der Waals surface area contributed by atoms with E-state index in [1.165, 1.54) is 16.5 Å². The molecule has 1 N–H and O–H groups in total. The lowest BCUT2D eigenvalue weighted by atomic mass is 9.99. The van der Waals surface area contributed by atoms with Crippen LogP contribution in [0.3, 0.4) is 0 Å². The molecular formula is C16H25BrN2. The van der Waals surface area contributed by atoms with Crippen molar-refractivity contribution in [3.63, 3.8) is 0 Å². The van der Waals surface area contributed by atoms with Crippen LogP contribution >= 0.6 is 15.9 Å². The lowest BCUT2D eigenvalue weighted by Crippen LogP contribution is -2.55. The molecule has 2 nitrogen and oxygen atoms in total. The predicted octanol–water partition coefficient (Wildman–Crippen LogP) is 3.66. The van der Waals surface area contributed by atoms with Crippen molar-refractivity contribution in [2.75, 3.05) is 13.1 Å². The second-order valence-electron chi connectivity index (χ2n) is 6.14. The predicted molar refractivity (Wildman–Crippen MR) is 85.3 cm³/mol. The monoisotopic (exact) mass is 324 g/mol. The minimum Gasteiger partial charge on any atom is -0.311 e. The molecule has 3 heteroatoms. The van der Waals surface area contributed by atoms with Crippen molar-refractivity contribution >= 4 is 15.9 Å². The van der Waals surface area contributed by atoms with Gasteiger partial charge in [-0.25, -0.2) is 0 Å². The van der Waals surface area contributed by atoms with E-state index in [1.807, 2.05) is 0 Å². The van der Waals surface area contributed by atoms with Crippen molar-refractivity contribution in [1.29, 1.82) is 0 Å². The zero-order valence-electron chi connectivity index (χ0n) is 12.2. The first kappa shape index (κ1) is 15.0. The summed E-state index contributed by atoms with van der Waals surface area (Å²) in [7, 11) is 0. The van der Waals surface area contributed by atoms with Crippen LogP contribution in [0, 0.1) is 5.92 Å². The Balaban J connectivity index is 1.97. The number of hydrogen-bond donors (Lipinski definition) is 1. The average Bonchev–Trinajstić information content (AvgIpc) is 2.33. The molecule has 0 spiro atoms. The zero-order valence-corrected chi connectivity index (χ0v) is 13.8. The molecule has 0 saturated carbocycles. The van der Waals surface area contributed by atoms with E-state index in [-0.39, 0.29) is 0 Å². The van der Waals surface area contributed by atoms with Crippen molar-refractivity contribution in [2.24, 2.45) is 5.92 Å². The number of nitrogens with one attached hydrogen (secondary N) is 1. The SMILES string of the molecule is CC(C)CC1CN(Cc2cccc(Br)c2)C(C)CN1. The summed E-state index contributed by atoms with van der Waals surface area (Å²) >= 11 is 3.56. The van der Waals surface area contributed by atoms with E-state index >= 15 is 0 Å². The number of nitrogens with zero attached hydrogens (tertiary/aromatic N) is 1. The molecule has 1 aliphatic heterocycles. The Morgan fingerprint density at radius 2 is 2.21 bits per heavy atom. The van der Waals surface area contributed by atoms with E-state index < -0.39 is 0 Å². The first-order chi connectivity index (χ1) is 9.04. The quantitative estimate of drug-likeness (QED) is 0.909. The Morgan fingerprint density at radius 3 is 2.89 bits per heavy atom. The van der Waals surface area contributed by atoms with Crippen molar-refractivity contribution in [3.05, 3.63) is 34.3 Å². The standard InChI is InChI=1S/C16H25BrN2/c1-12(2)7-16-11-19(13(3)9-18-16)10-14-5-4-6-15(17)8-14/h4-6,8,12-13,16,18H,7,9-11H2,1-3H3. The van der Waals surface area contributed by atoms with Crippen molar-refractivity contribution in [2.45, 2.75) is 45.8 Å². The summed E-state index contributed by atoms with van der Waals surface area (Å²) in [6.45, 7) is 10.2. The fourth-order valence-electron chi connectivity index (χ4n) is 2.81. The molecule has 1 aromatic carbocycles. The second-order valence-corrected chi connectivity index (χ2v) is 7.06. The molecule has 1 aromatic rings. The number of piperazine rings is 1. The molecule has 0 bridgehead atoms. The van der Waals surface area contributed by atoms with Crippen LogP contribution in [0.15, 0.2) is 28.7 Å². The summed E-state index contributed by atoms with van der Waals surface area (Å²) in [4.78, 5) is 2.60. The summed E-state index contributed by atoms with van der Waals surface area (Å²) in [5.74, 6) is 0.763. The Labute approximate surface area is 125 Å². The van der Waals surface area contributed by atoms with Crippen LogP contribution in [0.5, 0.6) is 0 Å². The summed E-state index contributed by atoms with van der Waals surface area (Å²) < 4.78 is 1.17. The average molecular weight is 325 g/mol. The lowest BCUT2D eigenvalue weighted by Gasteiger charge is -2.39. The van der Waals surface area contributed by atoms with Gasteiger partial charge < -0.3 is 5.32 Å². The van der Waals surface area contributed by atoms with E-state index in [4.69, 9.17) is 0 Å².